The monoisotopic (exact) mass is 191 g/mol. The number of rotatable bonds is 2. The van der Waals surface area contributed by atoms with Crippen LogP contribution in [0.15, 0.2) is 18.2 Å². The van der Waals surface area contributed by atoms with Gasteiger partial charge in [0.1, 0.15) is 5.82 Å². The molecule has 0 bridgehead atoms. The smallest absolute Gasteiger partial charge is 0.176 e. The lowest BCUT2D eigenvalue weighted by atomic mass is 10.1. The summed E-state index contributed by atoms with van der Waals surface area (Å²) < 4.78 is 12.8. The van der Waals surface area contributed by atoms with Gasteiger partial charge in [0.25, 0.3) is 0 Å². The number of nitrogen functional groups attached to an aromatic ring is 1. The molecule has 0 aliphatic carbocycles. The van der Waals surface area contributed by atoms with E-state index >= 15 is 0 Å². The van der Waals surface area contributed by atoms with Crippen molar-refractivity contribution in [3.63, 3.8) is 0 Å². The third kappa shape index (κ3) is 2.33. The van der Waals surface area contributed by atoms with E-state index in [1.807, 2.05) is 0 Å². The number of anilines is 1. The third-order valence-corrected chi connectivity index (χ3v) is 1.74. The average Bonchev–Trinajstić information content (AvgIpc) is 2.18. The highest BCUT2D eigenvalue weighted by atomic mass is 19.1. The van der Waals surface area contributed by atoms with Crippen molar-refractivity contribution in [1.29, 1.82) is 0 Å². The fraction of sp³-hybridized carbons (Fsp3) is 0.182. The summed E-state index contributed by atoms with van der Waals surface area (Å²) in [4.78, 5) is 11.4. The van der Waals surface area contributed by atoms with Crippen LogP contribution >= 0.6 is 0 Å². The number of benzene rings is 1. The topological polar surface area (TPSA) is 43.1 Å². The first-order valence-corrected chi connectivity index (χ1v) is 4.13. The van der Waals surface area contributed by atoms with Gasteiger partial charge in [-0.15, -0.1) is 5.92 Å². The molecular formula is C11H10FNO. The van der Waals surface area contributed by atoms with E-state index in [-0.39, 0.29) is 23.5 Å². The van der Waals surface area contributed by atoms with Crippen molar-refractivity contribution in [3.8, 4) is 11.8 Å². The molecule has 0 aliphatic rings. The first-order valence-electron chi connectivity index (χ1n) is 4.13. The Morgan fingerprint density at radius 2 is 2.29 bits per heavy atom. The van der Waals surface area contributed by atoms with Crippen molar-refractivity contribution in [2.45, 2.75) is 13.3 Å². The Morgan fingerprint density at radius 1 is 1.57 bits per heavy atom. The maximum Gasteiger partial charge on any atom is 0.176 e. The van der Waals surface area contributed by atoms with E-state index in [4.69, 9.17) is 5.73 Å². The van der Waals surface area contributed by atoms with Crippen molar-refractivity contribution in [3.05, 3.63) is 29.6 Å². The number of carbonyl (C=O) groups excluding carboxylic acids is 1. The van der Waals surface area contributed by atoms with E-state index in [2.05, 4.69) is 11.8 Å². The van der Waals surface area contributed by atoms with Crippen LogP contribution in [0.5, 0.6) is 0 Å². The Bertz CT molecular complexity index is 415. The van der Waals surface area contributed by atoms with Gasteiger partial charge in [-0.05, 0) is 25.1 Å². The van der Waals surface area contributed by atoms with Crippen molar-refractivity contribution < 1.29 is 9.18 Å². The fourth-order valence-electron chi connectivity index (χ4n) is 1.03. The number of nitrogens with two attached hydrogens (primary N) is 1. The molecule has 0 saturated heterocycles. The molecule has 3 heteroatoms. The minimum Gasteiger partial charge on any atom is -0.398 e. The minimum atomic E-state index is -0.466. The minimum absolute atomic E-state index is 0.0736. The molecule has 0 atom stereocenters. The number of ketones is 1. The molecule has 1 rings (SSSR count). The molecule has 1 aromatic rings. The zero-order valence-corrected chi connectivity index (χ0v) is 7.80. The highest BCUT2D eigenvalue weighted by molar-refractivity contribution is 6.01. The second-order valence-corrected chi connectivity index (χ2v) is 2.76. The average molecular weight is 191 g/mol. The molecule has 0 unspecified atom stereocenters. The molecule has 0 heterocycles. The Balaban J connectivity index is 2.98. The number of carbonyl (C=O) groups is 1. The molecule has 14 heavy (non-hydrogen) atoms. The number of hydrogen-bond donors (Lipinski definition) is 1. The van der Waals surface area contributed by atoms with Gasteiger partial charge in [0.05, 0.1) is 6.42 Å². The van der Waals surface area contributed by atoms with Gasteiger partial charge in [-0.25, -0.2) is 4.39 Å². The highest BCUT2D eigenvalue weighted by Crippen LogP contribution is 2.14. The second-order valence-electron chi connectivity index (χ2n) is 2.76. The lowest BCUT2D eigenvalue weighted by Crippen LogP contribution is -2.03. The van der Waals surface area contributed by atoms with E-state index < -0.39 is 5.82 Å². The first-order chi connectivity index (χ1) is 6.65. The number of hydrogen-bond acceptors (Lipinski definition) is 2. The number of halogens is 1. The van der Waals surface area contributed by atoms with Crippen LogP contribution in [0.3, 0.4) is 0 Å². The molecule has 0 fully saturated rings. The van der Waals surface area contributed by atoms with Gasteiger partial charge in [-0.2, -0.15) is 0 Å². The maximum atomic E-state index is 12.8. The van der Waals surface area contributed by atoms with Crippen molar-refractivity contribution in [2.75, 3.05) is 5.73 Å². The molecule has 0 radical (unpaired) electrons. The molecule has 2 nitrogen and oxygen atoms in total. The first kappa shape index (κ1) is 10.3. The Hall–Kier alpha value is -1.82. The largest absolute Gasteiger partial charge is 0.398 e. The lowest BCUT2D eigenvalue weighted by molar-refractivity contribution is 0.0998. The molecule has 1 aromatic carbocycles. The standard InChI is InChI=1S/C11H10FNO/c1-2-3-4-11(14)9-7-8(12)5-6-10(9)13/h5-7H,4,13H2,1H3. The lowest BCUT2D eigenvalue weighted by Gasteiger charge is -2.01. The molecule has 72 valence electrons. The van der Waals surface area contributed by atoms with Crippen molar-refractivity contribution in [1.82, 2.24) is 0 Å². The predicted molar refractivity (Wildman–Crippen MR) is 53.2 cm³/mol. The summed E-state index contributed by atoms with van der Waals surface area (Å²) in [5, 5.41) is 0. The Kier molecular flexibility index (Phi) is 3.24. The summed E-state index contributed by atoms with van der Waals surface area (Å²) in [5.74, 6) is 4.49. The molecule has 0 aromatic heterocycles. The summed E-state index contributed by atoms with van der Waals surface area (Å²) in [6.07, 6.45) is 0.0736. The summed E-state index contributed by atoms with van der Waals surface area (Å²) in [7, 11) is 0. The van der Waals surface area contributed by atoms with E-state index in [1.165, 1.54) is 12.1 Å². The van der Waals surface area contributed by atoms with Crippen LogP contribution in [-0.2, 0) is 0 Å². The highest BCUT2D eigenvalue weighted by Gasteiger charge is 2.09. The second kappa shape index (κ2) is 4.43. The molecule has 0 saturated carbocycles. The Labute approximate surface area is 81.9 Å². The quantitative estimate of drug-likeness (QED) is 0.441. The van der Waals surface area contributed by atoms with Crippen LogP contribution in [0.25, 0.3) is 0 Å². The predicted octanol–water partition coefficient (Wildman–Crippen LogP) is 2.00. The summed E-state index contributed by atoms with van der Waals surface area (Å²) in [6.45, 7) is 1.64. The normalized spacial score (nSPS) is 9.00. The molecular weight excluding hydrogens is 181 g/mol. The fourth-order valence-corrected chi connectivity index (χ4v) is 1.03. The van der Waals surface area contributed by atoms with E-state index in [9.17, 15) is 9.18 Å². The van der Waals surface area contributed by atoms with Gasteiger partial charge >= 0.3 is 0 Å². The zero-order valence-electron chi connectivity index (χ0n) is 7.80. The van der Waals surface area contributed by atoms with Crippen molar-refractivity contribution in [2.24, 2.45) is 0 Å². The van der Waals surface area contributed by atoms with Gasteiger partial charge in [0.2, 0.25) is 0 Å². The van der Waals surface area contributed by atoms with E-state index in [0.717, 1.165) is 6.07 Å². The van der Waals surface area contributed by atoms with Gasteiger partial charge < -0.3 is 5.73 Å². The molecule has 0 spiro atoms. The van der Waals surface area contributed by atoms with Gasteiger partial charge in [-0.3, -0.25) is 4.79 Å². The van der Waals surface area contributed by atoms with Crippen LogP contribution in [-0.4, -0.2) is 5.78 Å². The van der Waals surface area contributed by atoms with Crippen LogP contribution in [0.1, 0.15) is 23.7 Å². The van der Waals surface area contributed by atoms with E-state index in [1.54, 1.807) is 6.92 Å². The van der Waals surface area contributed by atoms with Crippen LogP contribution in [0, 0.1) is 17.7 Å². The summed E-state index contributed by atoms with van der Waals surface area (Å²) >= 11 is 0. The summed E-state index contributed by atoms with van der Waals surface area (Å²) in [5.41, 5.74) is 6.01. The third-order valence-electron chi connectivity index (χ3n) is 1.74. The number of Topliss-reactive ketones (excluding diaryl/α,β-unsaturated/α-hetero) is 1. The van der Waals surface area contributed by atoms with Crippen LogP contribution < -0.4 is 5.73 Å². The molecule has 0 aliphatic heterocycles. The van der Waals surface area contributed by atoms with Crippen molar-refractivity contribution >= 4 is 11.5 Å². The van der Waals surface area contributed by atoms with E-state index in [0.29, 0.717) is 0 Å². The molecule has 2 N–H and O–H groups in total. The summed E-state index contributed by atoms with van der Waals surface area (Å²) in [6, 6.07) is 3.73. The van der Waals surface area contributed by atoms with Crippen LogP contribution in [0.2, 0.25) is 0 Å². The SMILES string of the molecule is CC#CCC(=O)c1cc(F)ccc1N. The zero-order chi connectivity index (χ0) is 10.6. The van der Waals surface area contributed by atoms with Gasteiger partial charge in [-0.1, -0.05) is 5.92 Å². The van der Waals surface area contributed by atoms with Crippen LogP contribution in [0.4, 0.5) is 10.1 Å². The molecule has 0 amide bonds. The van der Waals surface area contributed by atoms with Gasteiger partial charge in [0, 0.05) is 11.3 Å². The van der Waals surface area contributed by atoms with Gasteiger partial charge in [0.15, 0.2) is 5.78 Å². The maximum absolute atomic E-state index is 12.8. The Morgan fingerprint density at radius 3 is 2.93 bits per heavy atom.